The lowest BCUT2D eigenvalue weighted by Gasteiger charge is -2.36. The van der Waals surface area contributed by atoms with E-state index in [0.717, 1.165) is 31.9 Å². The van der Waals surface area contributed by atoms with E-state index in [1.54, 1.807) is 0 Å². The van der Waals surface area contributed by atoms with Crippen LogP contribution in [0.15, 0.2) is 54.6 Å². The van der Waals surface area contributed by atoms with E-state index in [1.807, 2.05) is 11.0 Å². The predicted molar refractivity (Wildman–Crippen MR) is 104 cm³/mol. The Morgan fingerprint density at radius 3 is 2.20 bits per heavy atom. The van der Waals surface area contributed by atoms with Gasteiger partial charge in [-0.3, -0.25) is 4.79 Å². The van der Waals surface area contributed by atoms with Gasteiger partial charge in [0.05, 0.1) is 6.54 Å². The van der Waals surface area contributed by atoms with Crippen LogP contribution in [0.4, 0.5) is 11.4 Å². The van der Waals surface area contributed by atoms with Crippen LogP contribution in [0.3, 0.4) is 0 Å². The summed E-state index contributed by atoms with van der Waals surface area (Å²) in [6.07, 6.45) is 0. The number of carbonyl (C=O) groups excluding carboxylic acids is 1. The van der Waals surface area contributed by atoms with Gasteiger partial charge < -0.3 is 15.1 Å². The molecular weight excluding hydrogens is 310 g/mol. The Kier molecular flexibility index (Phi) is 5.59. The van der Waals surface area contributed by atoms with Crippen LogP contribution in [0.1, 0.15) is 25.3 Å². The predicted octanol–water partition coefficient (Wildman–Crippen LogP) is 3.57. The number of rotatable bonds is 5. The van der Waals surface area contributed by atoms with Crippen LogP contribution < -0.4 is 10.2 Å². The highest BCUT2D eigenvalue weighted by molar-refractivity contribution is 5.81. The van der Waals surface area contributed by atoms with E-state index in [2.05, 4.69) is 72.6 Å². The average molecular weight is 337 g/mol. The lowest BCUT2D eigenvalue weighted by Crippen LogP contribution is -2.50. The van der Waals surface area contributed by atoms with Gasteiger partial charge in [0.15, 0.2) is 0 Å². The number of piperazine rings is 1. The maximum Gasteiger partial charge on any atom is 0.241 e. The summed E-state index contributed by atoms with van der Waals surface area (Å²) in [6, 6.07) is 18.7. The molecule has 0 unspecified atom stereocenters. The highest BCUT2D eigenvalue weighted by atomic mass is 16.2. The van der Waals surface area contributed by atoms with E-state index in [-0.39, 0.29) is 5.91 Å². The molecular formula is C21H27N3O. The van der Waals surface area contributed by atoms with E-state index >= 15 is 0 Å². The molecule has 0 atom stereocenters. The summed E-state index contributed by atoms with van der Waals surface area (Å²) in [5.41, 5.74) is 3.55. The molecule has 0 aromatic heterocycles. The summed E-state index contributed by atoms with van der Waals surface area (Å²) in [4.78, 5) is 16.7. The largest absolute Gasteiger partial charge is 0.376 e. The molecule has 0 radical (unpaired) electrons. The Morgan fingerprint density at radius 1 is 0.960 bits per heavy atom. The van der Waals surface area contributed by atoms with Crippen LogP contribution >= 0.6 is 0 Å². The minimum Gasteiger partial charge on any atom is -0.376 e. The van der Waals surface area contributed by atoms with Crippen LogP contribution in [0.5, 0.6) is 0 Å². The lowest BCUT2D eigenvalue weighted by atomic mass is 10.0. The zero-order chi connectivity index (χ0) is 17.6. The Balaban J connectivity index is 1.46. The van der Waals surface area contributed by atoms with Gasteiger partial charge in [-0.1, -0.05) is 44.2 Å². The molecule has 4 nitrogen and oxygen atoms in total. The molecule has 0 saturated carbocycles. The third-order valence-corrected chi connectivity index (χ3v) is 4.77. The fourth-order valence-electron chi connectivity index (χ4n) is 3.13. The van der Waals surface area contributed by atoms with Crippen LogP contribution in [0, 0.1) is 0 Å². The van der Waals surface area contributed by atoms with Crippen LogP contribution in [-0.4, -0.2) is 43.5 Å². The smallest absolute Gasteiger partial charge is 0.241 e. The third-order valence-electron chi connectivity index (χ3n) is 4.77. The SMILES string of the molecule is CC(C)c1ccc(NCC(=O)N2CCN(c3ccccc3)CC2)cc1. The van der Waals surface area contributed by atoms with E-state index in [0.29, 0.717) is 12.5 Å². The number of anilines is 2. The van der Waals surface area contributed by atoms with Gasteiger partial charge in [0.25, 0.3) is 0 Å². The summed E-state index contributed by atoms with van der Waals surface area (Å²) < 4.78 is 0. The second kappa shape index (κ2) is 8.06. The van der Waals surface area contributed by atoms with Crippen molar-refractivity contribution in [2.75, 3.05) is 42.9 Å². The van der Waals surface area contributed by atoms with Gasteiger partial charge in [-0.05, 0) is 35.7 Å². The minimum atomic E-state index is 0.167. The van der Waals surface area contributed by atoms with Crippen LogP contribution in [0.2, 0.25) is 0 Å². The first-order valence-corrected chi connectivity index (χ1v) is 9.05. The van der Waals surface area contributed by atoms with Crippen molar-refractivity contribution >= 4 is 17.3 Å². The molecule has 132 valence electrons. The van der Waals surface area contributed by atoms with Crippen molar-refractivity contribution in [3.05, 3.63) is 60.2 Å². The number of carbonyl (C=O) groups is 1. The Hall–Kier alpha value is -2.49. The van der Waals surface area contributed by atoms with Gasteiger partial charge in [0, 0.05) is 37.6 Å². The number of hydrogen-bond donors (Lipinski definition) is 1. The second-order valence-corrected chi connectivity index (χ2v) is 6.83. The van der Waals surface area contributed by atoms with E-state index in [1.165, 1.54) is 11.3 Å². The molecule has 25 heavy (non-hydrogen) atoms. The molecule has 1 N–H and O–H groups in total. The lowest BCUT2D eigenvalue weighted by molar-refractivity contribution is -0.129. The van der Waals surface area contributed by atoms with Gasteiger partial charge in [-0.25, -0.2) is 0 Å². The Bertz CT molecular complexity index is 674. The molecule has 1 fully saturated rings. The summed E-state index contributed by atoms with van der Waals surface area (Å²) in [7, 11) is 0. The molecule has 2 aromatic carbocycles. The van der Waals surface area contributed by atoms with Crippen molar-refractivity contribution in [2.24, 2.45) is 0 Å². The van der Waals surface area contributed by atoms with Crippen molar-refractivity contribution in [3.8, 4) is 0 Å². The first-order chi connectivity index (χ1) is 12.1. The first-order valence-electron chi connectivity index (χ1n) is 9.05. The standard InChI is InChI=1S/C21H27N3O/c1-17(2)18-8-10-19(11-9-18)22-16-21(25)24-14-12-23(13-15-24)20-6-4-3-5-7-20/h3-11,17,22H,12-16H2,1-2H3. The molecule has 1 amide bonds. The molecule has 2 aromatic rings. The normalized spacial score (nSPS) is 14.7. The molecule has 1 heterocycles. The number of nitrogens with zero attached hydrogens (tertiary/aromatic N) is 2. The zero-order valence-corrected chi connectivity index (χ0v) is 15.1. The van der Waals surface area contributed by atoms with E-state index in [9.17, 15) is 4.79 Å². The van der Waals surface area contributed by atoms with E-state index in [4.69, 9.17) is 0 Å². The first kappa shape index (κ1) is 17.3. The van der Waals surface area contributed by atoms with Crippen molar-refractivity contribution < 1.29 is 4.79 Å². The van der Waals surface area contributed by atoms with Gasteiger partial charge in [-0.15, -0.1) is 0 Å². The highest BCUT2D eigenvalue weighted by Gasteiger charge is 2.20. The third kappa shape index (κ3) is 4.53. The van der Waals surface area contributed by atoms with Crippen molar-refractivity contribution in [1.82, 2.24) is 4.90 Å². The van der Waals surface area contributed by atoms with Gasteiger partial charge in [-0.2, -0.15) is 0 Å². The summed E-state index contributed by atoms with van der Waals surface area (Å²) in [6.45, 7) is 8.05. The maximum atomic E-state index is 12.4. The molecule has 3 rings (SSSR count). The van der Waals surface area contributed by atoms with Crippen LogP contribution in [-0.2, 0) is 4.79 Å². The molecule has 1 aliphatic rings. The minimum absolute atomic E-state index is 0.167. The number of nitrogens with one attached hydrogen (secondary N) is 1. The molecule has 0 bridgehead atoms. The molecule has 0 spiro atoms. The van der Waals surface area contributed by atoms with Gasteiger partial charge in [0.2, 0.25) is 5.91 Å². The Labute approximate surface area is 150 Å². The number of para-hydroxylation sites is 1. The van der Waals surface area contributed by atoms with Crippen molar-refractivity contribution in [3.63, 3.8) is 0 Å². The highest BCUT2D eigenvalue weighted by Crippen LogP contribution is 2.18. The molecule has 0 aliphatic carbocycles. The topological polar surface area (TPSA) is 35.6 Å². The second-order valence-electron chi connectivity index (χ2n) is 6.83. The summed E-state index contributed by atoms with van der Waals surface area (Å²) >= 11 is 0. The fourth-order valence-corrected chi connectivity index (χ4v) is 3.13. The fraction of sp³-hybridized carbons (Fsp3) is 0.381. The quantitative estimate of drug-likeness (QED) is 0.906. The summed E-state index contributed by atoms with van der Waals surface area (Å²) in [5, 5.41) is 3.25. The van der Waals surface area contributed by atoms with Gasteiger partial charge in [0.1, 0.15) is 0 Å². The van der Waals surface area contributed by atoms with Gasteiger partial charge >= 0.3 is 0 Å². The number of benzene rings is 2. The average Bonchev–Trinajstić information content (AvgIpc) is 2.67. The number of hydrogen-bond acceptors (Lipinski definition) is 3. The number of amides is 1. The van der Waals surface area contributed by atoms with Crippen molar-refractivity contribution in [2.45, 2.75) is 19.8 Å². The molecule has 4 heteroatoms. The monoisotopic (exact) mass is 337 g/mol. The molecule has 1 aliphatic heterocycles. The Morgan fingerprint density at radius 2 is 1.60 bits per heavy atom. The molecule has 1 saturated heterocycles. The summed E-state index contributed by atoms with van der Waals surface area (Å²) in [5.74, 6) is 0.692. The maximum absolute atomic E-state index is 12.4. The van der Waals surface area contributed by atoms with E-state index < -0.39 is 0 Å². The zero-order valence-electron chi connectivity index (χ0n) is 15.1. The van der Waals surface area contributed by atoms with Crippen LogP contribution in [0.25, 0.3) is 0 Å². The van der Waals surface area contributed by atoms with Crippen molar-refractivity contribution in [1.29, 1.82) is 0 Å².